The minimum absolute atomic E-state index is 0.172. The Morgan fingerprint density at radius 2 is 1.30 bits per heavy atom. The molecule has 0 aliphatic carbocycles. The zero-order chi connectivity index (χ0) is 13.9. The van der Waals surface area contributed by atoms with Crippen LogP contribution in [0.4, 0.5) is 4.39 Å². The van der Waals surface area contributed by atoms with Gasteiger partial charge < -0.3 is 0 Å². The van der Waals surface area contributed by atoms with Crippen molar-refractivity contribution in [2.45, 2.75) is 0 Å². The van der Waals surface area contributed by atoms with Crippen molar-refractivity contribution >= 4 is 11.6 Å². The van der Waals surface area contributed by atoms with E-state index in [9.17, 15) is 4.39 Å². The Balaban J connectivity index is 2.09. The quantitative estimate of drug-likeness (QED) is 0.643. The fourth-order valence-corrected chi connectivity index (χ4v) is 2.13. The molecule has 0 amide bonds. The van der Waals surface area contributed by atoms with Gasteiger partial charge in [0, 0.05) is 11.1 Å². The predicted molar refractivity (Wildman–Crippen MR) is 77.9 cm³/mol. The van der Waals surface area contributed by atoms with Crippen molar-refractivity contribution in [1.29, 1.82) is 0 Å². The minimum atomic E-state index is -0.280. The van der Waals surface area contributed by atoms with Gasteiger partial charge in [-0.1, -0.05) is 30.3 Å². The molecule has 0 fully saturated rings. The van der Waals surface area contributed by atoms with Crippen molar-refractivity contribution in [3.05, 3.63) is 71.8 Å². The van der Waals surface area contributed by atoms with E-state index in [1.165, 1.54) is 12.1 Å². The maximum absolute atomic E-state index is 13.0. The molecule has 0 atom stereocenters. The average Bonchev–Trinajstić information content (AvgIpc) is 2.48. The van der Waals surface area contributed by atoms with Gasteiger partial charge in [0.15, 0.2) is 0 Å². The lowest BCUT2D eigenvalue weighted by Crippen LogP contribution is -1.91. The van der Waals surface area contributed by atoms with Gasteiger partial charge in [0.2, 0.25) is 5.28 Å². The highest BCUT2D eigenvalue weighted by atomic mass is 35.5. The van der Waals surface area contributed by atoms with E-state index < -0.39 is 0 Å². The van der Waals surface area contributed by atoms with E-state index in [0.717, 1.165) is 16.8 Å². The summed E-state index contributed by atoms with van der Waals surface area (Å²) < 4.78 is 13.0. The number of nitrogens with zero attached hydrogens (tertiary/aromatic N) is 2. The number of hydrogen-bond acceptors (Lipinski definition) is 2. The van der Waals surface area contributed by atoms with Crippen molar-refractivity contribution in [1.82, 2.24) is 9.97 Å². The summed E-state index contributed by atoms with van der Waals surface area (Å²) in [4.78, 5) is 8.42. The summed E-state index contributed by atoms with van der Waals surface area (Å²) in [5.41, 5.74) is 3.17. The smallest absolute Gasteiger partial charge is 0.218 e. The van der Waals surface area contributed by atoms with Gasteiger partial charge in [-0.3, -0.25) is 0 Å². The molecule has 3 rings (SSSR count). The van der Waals surface area contributed by atoms with Gasteiger partial charge in [0.05, 0.1) is 11.4 Å². The largest absolute Gasteiger partial charge is 0.223 e. The lowest BCUT2D eigenvalue weighted by molar-refractivity contribution is 0.628. The number of aromatic nitrogens is 2. The first-order valence-corrected chi connectivity index (χ1v) is 6.46. The van der Waals surface area contributed by atoms with Crippen molar-refractivity contribution in [3.63, 3.8) is 0 Å². The van der Waals surface area contributed by atoms with Crippen molar-refractivity contribution in [2.24, 2.45) is 0 Å². The number of benzene rings is 2. The molecule has 2 aromatic carbocycles. The summed E-state index contributed by atoms with van der Waals surface area (Å²) in [6.07, 6.45) is 0. The van der Waals surface area contributed by atoms with E-state index in [1.807, 2.05) is 36.4 Å². The minimum Gasteiger partial charge on any atom is -0.218 e. The van der Waals surface area contributed by atoms with E-state index in [0.29, 0.717) is 5.69 Å². The van der Waals surface area contributed by atoms with Crippen LogP contribution in [0.1, 0.15) is 0 Å². The first-order chi connectivity index (χ1) is 9.72. The first-order valence-electron chi connectivity index (χ1n) is 6.08. The van der Waals surface area contributed by atoms with Gasteiger partial charge in [-0.2, -0.15) is 0 Å². The van der Waals surface area contributed by atoms with Crippen LogP contribution in [0, 0.1) is 5.82 Å². The molecule has 0 unspecified atom stereocenters. The van der Waals surface area contributed by atoms with Crippen molar-refractivity contribution < 1.29 is 4.39 Å². The van der Waals surface area contributed by atoms with Crippen LogP contribution in [-0.2, 0) is 0 Å². The van der Waals surface area contributed by atoms with Crippen LogP contribution in [0.25, 0.3) is 22.5 Å². The number of hydrogen-bond donors (Lipinski definition) is 0. The van der Waals surface area contributed by atoms with Crippen LogP contribution < -0.4 is 0 Å². The molecule has 2 nitrogen and oxygen atoms in total. The molecule has 0 spiro atoms. The van der Waals surface area contributed by atoms with E-state index >= 15 is 0 Å². The van der Waals surface area contributed by atoms with Crippen LogP contribution in [0.5, 0.6) is 0 Å². The maximum Gasteiger partial charge on any atom is 0.223 e. The van der Waals surface area contributed by atoms with Gasteiger partial charge in [-0.25, -0.2) is 14.4 Å². The molecule has 98 valence electrons. The summed E-state index contributed by atoms with van der Waals surface area (Å²) in [6, 6.07) is 17.7. The average molecular weight is 285 g/mol. The Morgan fingerprint density at radius 3 is 1.90 bits per heavy atom. The highest BCUT2D eigenvalue weighted by molar-refractivity contribution is 6.28. The fraction of sp³-hybridized carbons (Fsp3) is 0. The third-order valence-electron chi connectivity index (χ3n) is 2.91. The van der Waals surface area contributed by atoms with Gasteiger partial charge in [0.25, 0.3) is 0 Å². The maximum atomic E-state index is 13.0. The first kappa shape index (κ1) is 12.8. The molecule has 4 heteroatoms. The van der Waals surface area contributed by atoms with Crippen LogP contribution >= 0.6 is 11.6 Å². The molecule has 0 saturated carbocycles. The Morgan fingerprint density at radius 1 is 0.750 bits per heavy atom. The Kier molecular flexibility index (Phi) is 3.44. The molecule has 0 saturated heterocycles. The van der Waals surface area contributed by atoms with Crippen LogP contribution in [-0.4, -0.2) is 9.97 Å². The predicted octanol–water partition coefficient (Wildman–Crippen LogP) is 4.60. The molecule has 1 aromatic heterocycles. The van der Waals surface area contributed by atoms with Crippen LogP contribution in [0.3, 0.4) is 0 Å². The zero-order valence-electron chi connectivity index (χ0n) is 10.4. The second-order valence-corrected chi connectivity index (χ2v) is 4.62. The molecule has 0 aliphatic heterocycles. The Hall–Kier alpha value is -2.26. The normalized spacial score (nSPS) is 10.5. The lowest BCUT2D eigenvalue weighted by atomic mass is 10.1. The summed E-state index contributed by atoms with van der Waals surface area (Å²) >= 11 is 5.98. The highest BCUT2D eigenvalue weighted by Gasteiger charge is 2.07. The van der Waals surface area contributed by atoms with Crippen LogP contribution in [0.15, 0.2) is 60.7 Å². The fourth-order valence-electron chi connectivity index (χ4n) is 1.94. The third-order valence-corrected chi connectivity index (χ3v) is 3.08. The second kappa shape index (κ2) is 5.39. The zero-order valence-corrected chi connectivity index (χ0v) is 11.2. The van der Waals surface area contributed by atoms with Gasteiger partial charge in [-0.15, -0.1) is 0 Å². The van der Waals surface area contributed by atoms with E-state index in [4.69, 9.17) is 11.6 Å². The number of halogens is 2. The van der Waals surface area contributed by atoms with Crippen molar-refractivity contribution in [2.75, 3.05) is 0 Å². The summed E-state index contributed by atoms with van der Waals surface area (Å²) in [6.45, 7) is 0. The molecule has 0 N–H and O–H groups in total. The summed E-state index contributed by atoms with van der Waals surface area (Å²) in [7, 11) is 0. The number of rotatable bonds is 2. The van der Waals surface area contributed by atoms with Crippen LogP contribution in [0.2, 0.25) is 5.28 Å². The molecule has 3 aromatic rings. The molecular formula is C16H10ClFN2. The summed E-state index contributed by atoms with van der Waals surface area (Å²) in [5.74, 6) is -0.280. The van der Waals surface area contributed by atoms with Crippen molar-refractivity contribution in [3.8, 4) is 22.5 Å². The molecule has 0 aliphatic rings. The standard InChI is InChI=1S/C16H10ClFN2/c17-16-19-14(11-4-2-1-3-5-11)10-15(20-16)12-6-8-13(18)9-7-12/h1-10H. The van der Waals surface area contributed by atoms with Gasteiger partial charge in [-0.05, 0) is 41.9 Å². The summed E-state index contributed by atoms with van der Waals surface area (Å²) in [5, 5.41) is 0.172. The molecule has 0 bridgehead atoms. The Labute approximate surface area is 120 Å². The third kappa shape index (κ3) is 2.68. The lowest BCUT2D eigenvalue weighted by Gasteiger charge is -2.05. The molecule has 0 radical (unpaired) electrons. The molecule has 1 heterocycles. The SMILES string of the molecule is Fc1ccc(-c2cc(-c3ccccc3)nc(Cl)n2)cc1. The van der Waals surface area contributed by atoms with E-state index in [2.05, 4.69) is 9.97 Å². The van der Waals surface area contributed by atoms with Gasteiger partial charge >= 0.3 is 0 Å². The van der Waals surface area contributed by atoms with Gasteiger partial charge in [0.1, 0.15) is 5.82 Å². The highest BCUT2D eigenvalue weighted by Crippen LogP contribution is 2.25. The topological polar surface area (TPSA) is 25.8 Å². The second-order valence-electron chi connectivity index (χ2n) is 4.28. The Bertz CT molecular complexity index is 727. The molecule has 20 heavy (non-hydrogen) atoms. The van der Waals surface area contributed by atoms with E-state index in [1.54, 1.807) is 12.1 Å². The monoisotopic (exact) mass is 284 g/mol. The molecular weight excluding hydrogens is 275 g/mol. The van der Waals surface area contributed by atoms with E-state index in [-0.39, 0.29) is 11.1 Å².